The third-order valence-electron chi connectivity index (χ3n) is 5.28. The van der Waals surface area contributed by atoms with Crippen LogP contribution < -0.4 is 0 Å². The Morgan fingerprint density at radius 1 is 1.00 bits per heavy atom. The average molecular weight is 458 g/mol. The summed E-state index contributed by atoms with van der Waals surface area (Å²) >= 11 is 0. The number of benzene rings is 2. The van der Waals surface area contributed by atoms with Gasteiger partial charge in [-0.05, 0) is 49.7 Å². The van der Waals surface area contributed by atoms with Crippen LogP contribution in [-0.2, 0) is 21.1 Å². The molecule has 3 aromatic rings. The number of carbonyl (C=O) groups is 2. The lowest BCUT2D eigenvalue weighted by Gasteiger charge is -2.11. The minimum absolute atomic E-state index is 0.0936. The smallest absolute Gasteiger partial charge is 0.339 e. The first kappa shape index (κ1) is 23.4. The van der Waals surface area contributed by atoms with Crippen LogP contribution in [0.25, 0.3) is 0 Å². The minimum Gasteiger partial charge on any atom is -0.454 e. The summed E-state index contributed by atoms with van der Waals surface area (Å²) in [5.74, 6) is -1.74. The quantitative estimate of drug-likeness (QED) is 0.375. The van der Waals surface area contributed by atoms with Gasteiger partial charge in [-0.3, -0.25) is 4.79 Å². The van der Waals surface area contributed by atoms with E-state index in [0.717, 1.165) is 11.3 Å². The first-order chi connectivity index (χ1) is 15.1. The number of rotatable bonds is 8. The van der Waals surface area contributed by atoms with E-state index >= 15 is 0 Å². The molecular formula is C24H24FNO5S. The summed E-state index contributed by atoms with van der Waals surface area (Å²) in [7, 11) is -3.62. The van der Waals surface area contributed by atoms with Gasteiger partial charge in [-0.1, -0.05) is 31.2 Å². The van der Waals surface area contributed by atoms with Gasteiger partial charge < -0.3 is 9.30 Å². The lowest BCUT2D eigenvalue weighted by molar-refractivity contribution is 0.0470. The van der Waals surface area contributed by atoms with Gasteiger partial charge in [0.2, 0.25) is 5.78 Å². The fourth-order valence-electron chi connectivity index (χ4n) is 3.45. The molecule has 0 aliphatic carbocycles. The van der Waals surface area contributed by atoms with Crippen molar-refractivity contribution < 1.29 is 27.1 Å². The van der Waals surface area contributed by atoms with Crippen LogP contribution in [-0.4, -0.2) is 37.1 Å². The number of aromatic nitrogens is 1. The second-order valence-electron chi connectivity index (χ2n) is 7.40. The third-order valence-corrected chi connectivity index (χ3v) is 7.07. The van der Waals surface area contributed by atoms with Crippen molar-refractivity contribution in [1.29, 1.82) is 0 Å². The highest BCUT2D eigenvalue weighted by Gasteiger charge is 2.23. The number of hydrogen-bond donors (Lipinski definition) is 0. The number of ether oxygens (including phenoxy) is 1. The van der Waals surface area contributed by atoms with Crippen molar-refractivity contribution in [1.82, 2.24) is 4.57 Å². The van der Waals surface area contributed by atoms with Gasteiger partial charge in [-0.25, -0.2) is 17.6 Å². The summed E-state index contributed by atoms with van der Waals surface area (Å²) in [6.45, 7) is 5.08. The normalized spacial score (nSPS) is 11.4. The van der Waals surface area contributed by atoms with Gasteiger partial charge in [0, 0.05) is 23.5 Å². The molecule has 0 spiro atoms. The predicted molar refractivity (Wildman–Crippen MR) is 118 cm³/mol. The van der Waals surface area contributed by atoms with Gasteiger partial charge in [0.1, 0.15) is 5.82 Å². The summed E-state index contributed by atoms with van der Waals surface area (Å²) in [6, 6.07) is 13.6. The van der Waals surface area contributed by atoms with Crippen molar-refractivity contribution in [2.24, 2.45) is 0 Å². The number of sulfone groups is 1. The van der Waals surface area contributed by atoms with Crippen LogP contribution in [0.4, 0.5) is 4.39 Å². The first-order valence-electron chi connectivity index (χ1n) is 10.1. The molecule has 168 valence electrons. The SMILES string of the molecule is CCS(=O)(=O)c1ccccc1C(=O)OCC(=O)c1cc(C)n(Cc2ccc(F)cc2)c1C. The highest BCUT2D eigenvalue weighted by Crippen LogP contribution is 2.20. The van der Waals surface area contributed by atoms with Crippen molar-refractivity contribution in [3.63, 3.8) is 0 Å². The first-order valence-corrected chi connectivity index (χ1v) is 11.7. The molecule has 32 heavy (non-hydrogen) atoms. The van der Waals surface area contributed by atoms with E-state index in [1.54, 1.807) is 25.1 Å². The predicted octanol–water partition coefficient (Wildman–Crippen LogP) is 4.13. The van der Waals surface area contributed by atoms with Crippen molar-refractivity contribution in [2.75, 3.05) is 12.4 Å². The molecule has 0 amide bonds. The van der Waals surface area contributed by atoms with Crippen molar-refractivity contribution in [2.45, 2.75) is 32.2 Å². The average Bonchev–Trinajstić information content (AvgIpc) is 3.07. The lowest BCUT2D eigenvalue weighted by atomic mass is 10.1. The van der Waals surface area contributed by atoms with E-state index in [2.05, 4.69) is 0 Å². The van der Waals surface area contributed by atoms with Gasteiger partial charge in [-0.15, -0.1) is 0 Å². The number of esters is 1. The standard InChI is InChI=1S/C24H24FNO5S/c1-4-32(29,30)23-8-6-5-7-20(23)24(28)31-15-22(27)21-13-16(2)26(17(21)3)14-18-9-11-19(25)12-10-18/h5-13H,4,14-15H2,1-3H3. The monoisotopic (exact) mass is 457 g/mol. The van der Waals surface area contributed by atoms with E-state index in [1.807, 2.05) is 11.5 Å². The van der Waals surface area contributed by atoms with E-state index < -0.39 is 28.2 Å². The number of ketones is 1. The van der Waals surface area contributed by atoms with E-state index in [-0.39, 0.29) is 22.0 Å². The maximum absolute atomic E-state index is 13.2. The Balaban J connectivity index is 1.75. The van der Waals surface area contributed by atoms with Crippen molar-refractivity contribution in [3.8, 4) is 0 Å². The largest absolute Gasteiger partial charge is 0.454 e. The van der Waals surface area contributed by atoms with Crippen LogP contribution in [0.5, 0.6) is 0 Å². The van der Waals surface area contributed by atoms with Crippen molar-refractivity contribution in [3.05, 3.63) is 88.5 Å². The molecule has 3 rings (SSSR count). The number of halogens is 1. The molecule has 0 atom stereocenters. The summed E-state index contributed by atoms with van der Waals surface area (Å²) < 4.78 is 44.7. The van der Waals surface area contributed by atoms with Crippen LogP contribution in [0.2, 0.25) is 0 Å². The van der Waals surface area contributed by atoms with Crippen LogP contribution >= 0.6 is 0 Å². The van der Waals surface area contributed by atoms with Crippen LogP contribution in [0, 0.1) is 19.7 Å². The molecule has 0 unspecified atom stereocenters. The van der Waals surface area contributed by atoms with E-state index in [0.29, 0.717) is 17.8 Å². The number of carbonyl (C=O) groups excluding carboxylic acids is 2. The van der Waals surface area contributed by atoms with Gasteiger partial charge in [-0.2, -0.15) is 0 Å². The molecule has 8 heteroatoms. The van der Waals surface area contributed by atoms with E-state index in [1.165, 1.54) is 43.3 Å². The second kappa shape index (κ2) is 9.48. The second-order valence-corrected chi connectivity index (χ2v) is 9.64. The molecule has 0 fully saturated rings. The maximum Gasteiger partial charge on any atom is 0.339 e. The van der Waals surface area contributed by atoms with Gasteiger partial charge in [0.05, 0.1) is 16.2 Å². The highest BCUT2D eigenvalue weighted by molar-refractivity contribution is 7.91. The molecule has 0 saturated heterocycles. The molecule has 0 saturated carbocycles. The van der Waals surface area contributed by atoms with Gasteiger partial charge in [0.25, 0.3) is 0 Å². The Labute approximate surface area is 186 Å². The summed E-state index contributed by atoms with van der Waals surface area (Å²) in [5.41, 5.74) is 2.73. The Morgan fingerprint density at radius 2 is 1.66 bits per heavy atom. The molecule has 0 aliphatic heterocycles. The summed E-state index contributed by atoms with van der Waals surface area (Å²) in [6.07, 6.45) is 0. The highest BCUT2D eigenvalue weighted by atomic mass is 32.2. The topological polar surface area (TPSA) is 82.4 Å². The minimum atomic E-state index is -3.62. The molecule has 1 aromatic heterocycles. The van der Waals surface area contributed by atoms with E-state index in [4.69, 9.17) is 4.74 Å². The molecule has 0 bridgehead atoms. The third kappa shape index (κ3) is 4.96. The van der Waals surface area contributed by atoms with Gasteiger partial charge in [0.15, 0.2) is 16.4 Å². The zero-order valence-electron chi connectivity index (χ0n) is 18.1. The Hall–Kier alpha value is -3.26. The molecule has 0 N–H and O–H groups in total. The molecule has 0 radical (unpaired) electrons. The van der Waals surface area contributed by atoms with Crippen LogP contribution in [0.15, 0.2) is 59.5 Å². The zero-order valence-corrected chi connectivity index (χ0v) is 18.9. The fourth-order valence-corrected chi connectivity index (χ4v) is 4.53. The molecular weight excluding hydrogens is 433 g/mol. The van der Waals surface area contributed by atoms with E-state index in [9.17, 15) is 22.4 Å². The number of aryl methyl sites for hydroxylation is 1. The molecule has 6 nitrogen and oxygen atoms in total. The summed E-state index contributed by atoms with van der Waals surface area (Å²) in [4.78, 5) is 25.1. The van der Waals surface area contributed by atoms with Crippen LogP contribution in [0.1, 0.15) is 44.6 Å². The molecule has 1 heterocycles. The number of Topliss-reactive ketones (excluding diaryl/α,β-unsaturated/α-hetero) is 1. The lowest BCUT2D eigenvalue weighted by Crippen LogP contribution is -2.18. The number of nitrogens with zero attached hydrogens (tertiary/aromatic N) is 1. The fraction of sp³-hybridized carbons (Fsp3) is 0.250. The molecule has 0 aliphatic rings. The Bertz CT molecular complexity index is 1260. The van der Waals surface area contributed by atoms with Crippen molar-refractivity contribution >= 4 is 21.6 Å². The zero-order chi connectivity index (χ0) is 23.5. The van der Waals surface area contributed by atoms with Crippen LogP contribution in [0.3, 0.4) is 0 Å². The maximum atomic E-state index is 13.2. The summed E-state index contributed by atoms with van der Waals surface area (Å²) in [5, 5.41) is 0. The Kier molecular flexibility index (Phi) is 6.93. The van der Waals surface area contributed by atoms with Gasteiger partial charge >= 0.3 is 5.97 Å². The Morgan fingerprint density at radius 3 is 2.31 bits per heavy atom. The number of hydrogen-bond acceptors (Lipinski definition) is 5. The molecule has 2 aromatic carbocycles.